The maximum atomic E-state index is 13.7. The number of hydrogen-bond donors (Lipinski definition) is 0. The van der Waals surface area contributed by atoms with Crippen molar-refractivity contribution < 1.29 is 27.6 Å². The van der Waals surface area contributed by atoms with Crippen molar-refractivity contribution in [1.82, 2.24) is 4.90 Å². The maximum Gasteiger partial charge on any atom is 0.416 e. The highest BCUT2D eigenvalue weighted by Gasteiger charge is 2.40. The van der Waals surface area contributed by atoms with Gasteiger partial charge in [-0.15, -0.1) is 0 Å². The molecule has 0 spiro atoms. The van der Waals surface area contributed by atoms with E-state index in [1.807, 2.05) is 13.0 Å². The van der Waals surface area contributed by atoms with Gasteiger partial charge in [-0.05, 0) is 71.6 Å². The lowest BCUT2D eigenvalue weighted by atomic mass is 9.74. The fourth-order valence-electron chi connectivity index (χ4n) is 5.68. The number of carbonyl (C=O) groups excluding carboxylic acids is 3. The summed E-state index contributed by atoms with van der Waals surface area (Å²) in [5.41, 5.74) is 2.42. The second-order valence-corrected chi connectivity index (χ2v) is 12.1. The molecule has 0 radical (unpaired) electrons. The van der Waals surface area contributed by atoms with Crippen LogP contribution in [-0.4, -0.2) is 29.0 Å². The van der Waals surface area contributed by atoms with Gasteiger partial charge in [0, 0.05) is 17.9 Å². The van der Waals surface area contributed by atoms with E-state index in [1.165, 1.54) is 35.4 Å². The Morgan fingerprint density at radius 1 is 0.902 bits per heavy atom. The third-order valence-corrected chi connectivity index (χ3v) is 8.12. The minimum atomic E-state index is -4.46. The van der Waals surface area contributed by atoms with E-state index in [0.29, 0.717) is 36.7 Å². The smallest absolute Gasteiger partial charge is 0.298 e. The third kappa shape index (κ3) is 8.40. The van der Waals surface area contributed by atoms with Gasteiger partial charge in [0.15, 0.2) is 5.78 Å². The van der Waals surface area contributed by atoms with Crippen LogP contribution in [0.1, 0.15) is 113 Å². The Kier molecular flexibility index (Phi) is 10.7. The van der Waals surface area contributed by atoms with Crippen LogP contribution in [0, 0.1) is 5.41 Å². The Morgan fingerprint density at radius 2 is 1.46 bits per heavy atom. The topological polar surface area (TPSA) is 54.5 Å². The fourth-order valence-corrected chi connectivity index (χ4v) is 5.68. The Balaban J connectivity index is 1.82. The van der Waals surface area contributed by atoms with Gasteiger partial charge in [0.25, 0.3) is 5.91 Å². The molecule has 7 heteroatoms. The largest absolute Gasteiger partial charge is 0.416 e. The van der Waals surface area contributed by atoms with E-state index in [4.69, 9.17) is 0 Å². The van der Waals surface area contributed by atoms with Crippen molar-refractivity contribution in [3.8, 4) is 0 Å². The van der Waals surface area contributed by atoms with Crippen molar-refractivity contribution in [2.75, 3.05) is 6.54 Å². The van der Waals surface area contributed by atoms with Crippen LogP contribution in [0.5, 0.6) is 0 Å². The molecule has 222 valence electrons. The third-order valence-electron chi connectivity index (χ3n) is 8.12. The normalized spacial score (nSPS) is 15.5. The summed E-state index contributed by atoms with van der Waals surface area (Å²) in [6.45, 7) is 10.0. The maximum absolute atomic E-state index is 13.7. The second kappa shape index (κ2) is 13.6. The Morgan fingerprint density at radius 3 is 1.98 bits per heavy atom. The molecule has 2 aromatic carbocycles. The molecule has 4 nitrogen and oxygen atoms in total. The zero-order valence-corrected chi connectivity index (χ0v) is 24.8. The molecule has 0 heterocycles. The molecule has 0 aliphatic heterocycles. The molecule has 0 aromatic heterocycles. The SMILES string of the molecule is CC(C)c1cccc(C(C)C)c1CCC(=O)CN(C(=O)/C=C\c1ccc(C(F)(F)F)cc1)C(=O)C1(C)CCCCC1. The van der Waals surface area contributed by atoms with Crippen LogP contribution in [0.25, 0.3) is 6.08 Å². The predicted octanol–water partition coefficient (Wildman–Crippen LogP) is 8.49. The minimum absolute atomic E-state index is 0.194. The summed E-state index contributed by atoms with van der Waals surface area (Å²) in [5, 5.41) is 0. The number of nitrogens with zero attached hydrogens (tertiary/aromatic N) is 1. The van der Waals surface area contributed by atoms with Crippen molar-refractivity contribution in [2.45, 2.75) is 97.6 Å². The van der Waals surface area contributed by atoms with E-state index < -0.39 is 23.1 Å². The average Bonchev–Trinajstić information content (AvgIpc) is 2.92. The van der Waals surface area contributed by atoms with E-state index in [9.17, 15) is 27.6 Å². The number of carbonyl (C=O) groups is 3. The molecule has 0 saturated heterocycles. The van der Waals surface area contributed by atoms with Crippen LogP contribution in [0.3, 0.4) is 0 Å². The molecular weight excluding hydrogens is 527 g/mol. The zero-order chi connectivity index (χ0) is 30.4. The Bertz CT molecular complexity index is 1230. The molecule has 0 N–H and O–H groups in total. The molecule has 1 fully saturated rings. The van der Waals surface area contributed by atoms with Crippen molar-refractivity contribution in [3.63, 3.8) is 0 Å². The van der Waals surface area contributed by atoms with Gasteiger partial charge in [0.1, 0.15) is 0 Å². The number of ketones is 1. The van der Waals surface area contributed by atoms with E-state index in [-0.39, 0.29) is 24.7 Å². The van der Waals surface area contributed by atoms with Crippen LogP contribution in [-0.2, 0) is 27.0 Å². The van der Waals surface area contributed by atoms with Gasteiger partial charge in [0.05, 0.1) is 12.1 Å². The average molecular weight is 570 g/mol. The number of hydrogen-bond acceptors (Lipinski definition) is 3. The predicted molar refractivity (Wildman–Crippen MR) is 156 cm³/mol. The van der Waals surface area contributed by atoms with Gasteiger partial charge >= 0.3 is 6.18 Å². The van der Waals surface area contributed by atoms with Crippen LogP contribution in [0.15, 0.2) is 48.5 Å². The number of alkyl halides is 3. The van der Waals surface area contributed by atoms with Crippen LogP contribution < -0.4 is 0 Å². The molecule has 0 atom stereocenters. The lowest BCUT2D eigenvalue weighted by Crippen LogP contribution is -2.48. The monoisotopic (exact) mass is 569 g/mol. The summed E-state index contributed by atoms with van der Waals surface area (Å²) >= 11 is 0. The molecule has 1 aliphatic carbocycles. The van der Waals surface area contributed by atoms with Crippen LogP contribution in [0.4, 0.5) is 13.2 Å². The van der Waals surface area contributed by atoms with Crippen molar-refractivity contribution in [1.29, 1.82) is 0 Å². The highest BCUT2D eigenvalue weighted by atomic mass is 19.4. The summed E-state index contributed by atoms with van der Waals surface area (Å²) in [7, 11) is 0. The van der Waals surface area contributed by atoms with Gasteiger partial charge in [-0.25, -0.2) is 0 Å². The minimum Gasteiger partial charge on any atom is -0.298 e. The van der Waals surface area contributed by atoms with Crippen molar-refractivity contribution >= 4 is 23.7 Å². The summed E-state index contributed by atoms with van der Waals surface area (Å²) in [4.78, 5) is 41.4. The lowest BCUT2D eigenvalue weighted by molar-refractivity contribution is -0.152. The molecule has 0 bridgehead atoms. The number of imide groups is 1. The lowest BCUT2D eigenvalue weighted by Gasteiger charge is -2.35. The molecule has 2 amide bonds. The molecule has 3 rings (SSSR count). The fraction of sp³-hybridized carbons (Fsp3) is 0.500. The first-order chi connectivity index (χ1) is 19.2. The molecule has 2 aromatic rings. The molecule has 0 unspecified atom stereocenters. The standard InChI is InChI=1S/C34H42F3NO3/c1-23(2)28-10-9-11-29(24(3)4)30(28)18-17-27(39)22-38(32(41)33(5)20-7-6-8-21-33)31(40)19-14-25-12-15-26(16-13-25)34(35,36)37/h9-16,19,23-24H,6-8,17-18,20-22H2,1-5H3/b19-14-. The van der Waals surface area contributed by atoms with Gasteiger partial charge in [-0.3, -0.25) is 19.3 Å². The number of amides is 2. The van der Waals surface area contributed by atoms with Crippen molar-refractivity contribution in [3.05, 3.63) is 76.4 Å². The van der Waals surface area contributed by atoms with Gasteiger partial charge in [-0.2, -0.15) is 13.2 Å². The molecule has 1 saturated carbocycles. The quantitative estimate of drug-likeness (QED) is 0.270. The van der Waals surface area contributed by atoms with E-state index in [1.54, 1.807) is 0 Å². The molecular formula is C34H42F3NO3. The first-order valence-corrected chi connectivity index (χ1v) is 14.6. The molecule has 41 heavy (non-hydrogen) atoms. The van der Waals surface area contributed by atoms with E-state index >= 15 is 0 Å². The van der Waals surface area contributed by atoms with Gasteiger partial charge in [-0.1, -0.05) is 84.2 Å². The Labute approximate surface area is 242 Å². The van der Waals surface area contributed by atoms with Gasteiger partial charge in [0.2, 0.25) is 5.91 Å². The zero-order valence-electron chi connectivity index (χ0n) is 24.8. The highest BCUT2D eigenvalue weighted by molar-refractivity contribution is 6.07. The van der Waals surface area contributed by atoms with E-state index in [2.05, 4.69) is 39.8 Å². The summed E-state index contributed by atoms with van der Waals surface area (Å²) in [6, 6.07) is 10.6. The Hall–Kier alpha value is -3.22. The number of rotatable bonds is 10. The first kappa shape index (κ1) is 32.3. The van der Waals surface area contributed by atoms with E-state index in [0.717, 1.165) is 41.9 Å². The molecule has 1 aliphatic rings. The summed E-state index contributed by atoms with van der Waals surface area (Å²) < 4.78 is 38.7. The van der Waals surface area contributed by atoms with Crippen LogP contribution >= 0.6 is 0 Å². The number of halogens is 3. The number of benzene rings is 2. The number of Topliss-reactive ketones (excluding diaryl/α,β-unsaturated/α-hetero) is 1. The van der Waals surface area contributed by atoms with Crippen molar-refractivity contribution in [2.24, 2.45) is 5.41 Å². The summed E-state index contributed by atoms with van der Waals surface area (Å²) in [5.74, 6) is -0.624. The van der Waals surface area contributed by atoms with Crippen LogP contribution in [0.2, 0.25) is 0 Å². The second-order valence-electron chi connectivity index (χ2n) is 12.1. The van der Waals surface area contributed by atoms with Gasteiger partial charge < -0.3 is 0 Å². The summed E-state index contributed by atoms with van der Waals surface area (Å²) in [6.07, 6.45) is 2.88. The first-order valence-electron chi connectivity index (χ1n) is 14.6. The highest BCUT2D eigenvalue weighted by Crippen LogP contribution is 2.38.